The fourth-order valence-corrected chi connectivity index (χ4v) is 6.08. The van der Waals surface area contributed by atoms with Gasteiger partial charge in [-0.05, 0) is 54.7 Å². The van der Waals surface area contributed by atoms with Crippen molar-refractivity contribution < 1.29 is 17.9 Å². The van der Waals surface area contributed by atoms with Crippen molar-refractivity contribution in [2.24, 2.45) is 0 Å². The lowest BCUT2D eigenvalue weighted by atomic mass is 10.1. The van der Waals surface area contributed by atoms with Crippen LogP contribution in [0.25, 0.3) is 0 Å². The van der Waals surface area contributed by atoms with Gasteiger partial charge in [-0.1, -0.05) is 24.6 Å². The summed E-state index contributed by atoms with van der Waals surface area (Å²) in [4.78, 5) is 15.2. The molecule has 29 heavy (non-hydrogen) atoms. The van der Waals surface area contributed by atoms with E-state index in [1.807, 2.05) is 24.3 Å². The van der Waals surface area contributed by atoms with Crippen LogP contribution in [0.1, 0.15) is 30.4 Å². The standard InChI is InChI=1S/C22H24N2O4S/c25-22(21-15-17-6-2-3-7-20(17)28-21)24-13-10-16-14-18(8-9-19(16)24)29(26,27)23-11-4-1-5-12-23/h2-3,6-9,14,21H,1,4-5,10-13,15H2. The Morgan fingerprint density at radius 3 is 2.55 bits per heavy atom. The first-order chi connectivity index (χ1) is 14.0. The molecular weight excluding hydrogens is 388 g/mol. The van der Waals surface area contributed by atoms with E-state index in [4.69, 9.17) is 4.74 Å². The third-order valence-corrected chi connectivity index (χ3v) is 7.98. The van der Waals surface area contributed by atoms with Crippen LogP contribution < -0.4 is 9.64 Å². The number of anilines is 1. The molecule has 0 N–H and O–H groups in total. The number of sulfonamides is 1. The van der Waals surface area contributed by atoms with Gasteiger partial charge in [0.25, 0.3) is 5.91 Å². The summed E-state index contributed by atoms with van der Waals surface area (Å²) in [6.07, 6.45) is 3.62. The van der Waals surface area contributed by atoms with Gasteiger partial charge in [0.1, 0.15) is 5.75 Å². The van der Waals surface area contributed by atoms with E-state index >= 15 is 0 Å². The number of hydrogen-bond donors (Lipinski definition) is 0. The lowest BCUT2D eigenvalue weighted by Gasteiger charge is -2.26. The SMILES string of the molecule is O=C(C1Cc2ccccc2O1)N1CCc2cc(S(=O)(=O)N3CCCCC3)ccc21. The minimum atomic E-state index is -3.47. The summed E-state index contributed by atoms with van der Waals surface area (Å²) in [5, 5.41) is 0. The molecule has 1 saturated heterocycles. The summed E-state index contributed by atoms with van der Waals surface area (Å²) in [7, 11) is -3.47. The monoisotopic (exact) mass is 412 g/mol. The first-order valence-corrected chi connectivity index (χ1v) is 11.7. The summed E-state index contributed by atoms with van der Waals surface area (Å²) < 4.78 is 33.4. The van der Waals surface area contributed by atoms with Crippen molar-refractivity contribution in [1.29, 1.82) is 0 Å². The number of amides is 1. The van der Waals surface area contributed by atoms with Gasteiger partial charge in [-0.2, -0.15) is 4.31 Å². The fourth-order valence-electron chi connectivity index (χ4n) is 4.52. The molecule has 1 atom stereocenters. The van der Waals surface area contributed by atoms with E-state index < -0.39 is 16.1 Å². The molecule has 1 fully saturated rings. The summed E-state index contributed by atoms with van der Waals surface area (Å²) in [5.41, 5.74) is 2.76. The molecule has 0 spiro atoms. The number of para-hydroxylation sites is 1. The van der Waals surface area contributed by atoms with Crippen LogP contribution in [0.4, 0.5) is 5.69 Å². The van der Waals surface area contributed by atoms with Gasteiger partial charge < -0.3 is 9.64 Å². The van der Waals surface area contributed by atoms with Crippen molar-refractivity contribution in [1.82, 2.24) is 4.31 Å². The van der Waals surface area contributed by atoms with Crippen LogP contribution in [-0.4, -0.2) is 44.4 Å². The number of fused-ring (bicyclic) bond motifs is 2. The van der Waals surface area contributed by atoms with Gasteiger partial charge in [0.15, 0.2) is 6.10 Å². The van der Waals surface area contributed by atoms with Crippen LogP contribution in [0, 0.1) is 0 Å². The fraction of sp³-hybridized carbons (Fsp3) is 0.409. The quantitative estimate of drug-likeness (QED) is 0.778. The number of ether oxygens (including phenoxy) is 1. The highest BCUT2D eigenvalue weighted by Gasteiger charge is 2.36. The van der Waals surface area contributed by atoms with E-state index in [0.29, 0.717) is 37.4 Å². The molecule has 3 aliphatic heterocycles. The topological polar surface area (TPSA) is 66.9 Å². The van der Waals surface area contributed by atoms with Gasteiger partial charge in [-0.3, -0.25) is 4.79 Å². The third kappa shape index (κ3) is 3.22. The molecule has 3 aliphatic rings. The van der Waals surface area contributed by atoms with Crippen molar-refractivity contribution >= 4 is 21.6 Å². The minimum absolute atomic E-state index is 0.0633. The molecule has 6 nitrogen and oxygen atoms in total. The second kappa shape index (κ2) is 7.15. The lowest BCUT2D eigenvalue weighted by Crippen LogP contribution is -2.40. The van der Waals surface area contributed by atoms with E-state index in [2.05, 4.69) is 0 Å². The molecule has 152 valence electrons. The minimum Gasteiger partial charge on any atom is -0.480 e. The number of rotatable bonds is 3. The van der Waals surface area contributed by atoms with Crippen molar-refractivity contribution in [2.45, 2.75) is 43.1 Å². The molecule has 0 aliphatic carbocycles. The van der Waals surface area contributed by atoms with Crippen LogP contribution in [0.5, 0.6) is 5.75 Å². The second-order valence-electron chi connectivity index (χ2n) is 7.91. The Labute approximate surface area is 171 Å². The van der Waals surface area contributed by atoms with E-state index in [0.717, 1.165) is 41.8 Å². The van der Waals surface area contributed by atoms with Crippen LogP contribution in [0.15, 0.2) is 47.4 Å². The van der Waals surface area contributed by atoms with Crippen molar-refractivity contribution in [3.05, 3.63) is 53.6 Å². The van der Waals surface area contributed by atoms with Gasteiger partial charge >= 0.3 is 0 Å². The van der Waals surface area contributed by atoms with E-state index in [-0.39, 0.29) is 5.91 Å². The van der Waals surface area contributed by atoms with Crippen LogP contribution in [-0.2, 0) is 27.7 Å². The highest BCUT2D eigenvalue weighted by Crippen LogP contribution is 2.35. The number of nitrogens with zero attached hydrogens (tertiary/aromatic N) is 2. The number of hydrogen-bond acceptors (Lipinski definition) is 4. The van der Waals surface area contributed by atoms with Crippen LogP contribution in [0.2, 0.25) is 0 Å². The van der Waals surface area contributed by atoms with Crippen LogP contribution >= 0.6 is 0 Å². The first-order valence-electron chi connectivity index (χ1n) is 10.2. The molecule has 7 heteroatoms. The van der Waals surface area contributed by atoms with E-state index in [1.165, 1.54) is 0 Å². The Kier molecular flexibility index (Phi) is 4.59. The van der Waals surface area contributed by atoms with E-state index in [9.17, 15) is 13.2 Å². The van der Waals surface area contributed by atoms with Gasteiger partial charge in [0.05, 0.1) is 4.90 Å². The first kappa shape index (κ1) is 18.6. The molecule has 2 aromatic carbocycles. The Morgan fingerprint density at radius 2 is 1.76 bits per heavy atom. The van der Waals surface area contributed by atoms with Gasteiger partial charge in [0.2, 0.25) is 10.0 Å². The Bertz CT molecular complexity index is 1040. The van der Waals surface area contributed by atoms with Crippen molar-refractivity contribution in [3.8, 4) is 5.75 Å². The Morgan fingerprint density at radius 1 is 0.966 bits per heavy atom. The molecule has 0 aromatic heterocycles. The summed E-state index contributed by atoms with van der Waals surface area (Å²) in [5.74, 6) is 0.708. The zero-order valence-corrected chi connectivity index (χ0v) is 17.0. The predicted molar refractivity (Wildman–Crippen MR) is 110 cm³/mol. The average molecular weight is 413 g/mol. The molecule has 3 heterocycles. The maximum Gasteiger partial charge on any atom is 0.268 e. The van der Waals surface area contributed by atoms with Crippen molar-refractivity contribution in [2.75, 3.05) is 24.5 Å². The summed E-state index contributed by atoms with van der Waals surface area (Å²) >= 11 is 0. The number of carbonyl (C=O) groups is 1. The van der Waals surface area contributed by atoms with Crippen molar-refractivity contribution in [3.63, 3.8) is 0 Å². The molecule has 2 aromatic rings. The number of carbonyl (C=O) groups excluding carboxylic acids is 1. The average Bonchev–Trinajstić information content (AvgIpc) is 3.37. The van der Waals surface area contributed by atoms with Crippen LogP contribution in [0.3, 0.4) is 0 Å². The zero-order valence-electron chi connectivity index (χ0n) is 16.2. The number of benzene rings is 2. The highest BCUT2D eigenvalue weighted by atomic mass is 32.2. The molecule has 0 radical (unpaired) electrons. The maximum atomic E-state index is 13.1. The molecule has 0 bridgehead atoms. The number of piperidine rings is 1. The Balaban J connectivity index is 1.37. The summed E-state index contributed by atoms with van der Waals surface area (Å²) in [6, 6.07) is 12.9. The van der Waals surface area contributed by atoms with Gasteiger partial charge in [-0.15, -0.1) is 0 Å². The maximum absolute atomic E-state index is 13.1. The molecule has 0 saturated carbocycles. The lowest BCUT2D eigenvalue weighted by molar-refractivity contribution is -0.124. The smallest absolute Gasteiger partial charge is 0.268 e. The van der Waals surface area contributed by atoms with Gasteiger partial charge in [0, 0.05) is 31.7 Å². The normalized spacial score (nSPS) is 21.5. The van der Waals surface area contributed by atoms with E-state index in [1.54, 1.807) is 27.4 Å². The summed E-state index contributed by atoms with van der Waals surface area (Å²) in [6.45, 7) is 1.73. The van der Waals surface area contributed by atoms with Gasteiger partial charge in [-0.25, -0.2) is 8.42 Å². The molecule has 1 amide bonds. The largest absolute Gasteiger partial charge is 0.480 e. The third-order valence-electron chi connectivity index (χ3n) is 6.09. The molecule has 5 rings (SSSR count). The molecular formula is C22H24N2O4S. The molecule has 1 unspecified atom stereocenters. The zero-order chi connectivity index (χ0) is 20.0. The highest BCUT2D eigenvalue weighted by molar-refractivity contribution is 7.89. The predicted octanol–water partition coefficient (Wildman–Crippen LogP) is 2.75. The second-order valence-corrected chi connectivity index (χ2v) is 9.85. The Hall–Kier alpha value is -2.38.